The first kappa shape index (κ1) is 21.2. The van der Waals surface area contributed by atoms with Gasteiger partial charge in [-0.3, -0.25) is 4.79 Å². The summed E-state index contributed by atoms with van der Waals surface area (Å²) in [7, 11) is -2.10. The second-order valence-electron chi connectivity index (χ2n) is 7.58. The van der Waals surface area contributed by atoms with E-state index in [4.69, 9.17) is 0 Å². The molecule has 0 bridgehead atoms. The van der Waals surface area contributed by atoms with Crippen molar-refractivity contribution in [2.24, 2.45) is 0 Å². The fourth-order valence-corrected chi connectivity index (χ4v) is 6.52. The number of halogens is 3. The van der Waals surface area contributed by atoms with Crippen LogP contribution >= 0.6 is 0 Å². The number of ketones is 1. The van der Waals surface area contributed by atoms with Crippen LogP contribution < -0.4 is 5.19 Å². The molecule has 2 aromatic carbocycles. The van der Waals surface area contributed by atoms with Gasteiger partial charge in [-0.1, -0.05) is 72.4 Å². The lowest BCUT2D eigenvalue weighted by molar-refractivity contribution is -0.137. The maximum atomic E-state index is 12.9. The van der Waals surface area contributed by atoms with E-state index in [2.05, 4.69) is 31.3 Å². The van der Waals surface area contributed by atoms with E-state index < -0.39 is 19.8 Å². The van der Waals surface area contributed by atoms with Gasteiger partial charge in [-0.05, 0) is 31.5 Å². The van der Waals surface area contributed by atoms with E-state index in [1.165, 1.54) is 5.19 Å². The lowest BCUT2D eigenvalue weighted by Crippen LogP contribution is -2.47. The predicted octanol–water partition coefficient (Wildman–Crippen LogP) is 5.87. The van der Waals surface area contributed by atoms with E-state index in [9.17, 15) is 18.0 Å². The van der Waals surface area contributed by atoms with Gasteiger partial charge in [-0.2, -0.15) is 13.2 Å². The highest BCUT2D eigenvalue weighted by Crippen LogP contribution is 2.34. The fourth-order valence-electron chi connectivity index (χ4n) is 3.38. The summed E-state index contributed by atoms with van der Waals surface area (Å²) in [5.41, 5.74) is 1.13. The van der Waals surface area contributed by atoms with Crippen LogP contribution in [0, 0.1) is 0 Å². The van der Waals surface area contributed by atoms with E-state index in [1.54, 1.807) is 19.1 Å². The average Bonchev–Trinajstić information content (AvgIpc) is 2.59. The Morgan fingerprint density at radius 3 is 2.04 bits per heavy atom. The van der Waals surface area contributed by atoms with Crippen molar-refractivity contribution in [2.75, 3.05) is 0 Å². The van der Waals surface area contributed by atoms with Gasteiger partial charge in [0.05, 0.1) is 13.6 Å². The van der Waals surface area contributed by atoms with Gasteiger partial charge >= 0.3 is 6.18 Å². The molecule has 144 valence electrons. The van der Waals surface area contributed by atoms with Crippen molar-refractivity contribution < 1.29 is 18.0 Å². The zero-order chi connectivity index (χ0) is 20.2. The number of hydrogen-bond acceptors (Lipinski definition) is 1. The van der Waals surface area contributed by atoms with Crippen molar-refractivity contribution in [3.63, 3.8) is 0 Å². The number of carbonyl (C=O) groups is 1. The molecule has 2 aromatic rings. The third kappa shape index (κ3) is 5.42. The molecule has 0 saturated carbocycles. The number of carbonyl (C=O) groups excluding carboxylic acids is 1. The van der Waals surface area contributed by atoms with Crippen LogP contribution in [0.15, 0.2) is 66.2 Å². The molecule has 0 amide bonds. The van der Waals surface area contributed by atoms with Crippen LogP contribution in [-0.2, 0) is 11.0 Å². The molecule has 0 fully saturated rings. The van der Waals surface area contributed by atoms with Crippen LogP contribution in [0.2, 0.25) is 13.1 Å². The molecule has 0 unspecified atom stereocenters. The maximum Gasteiger partial charge on any atom is 0.416 e. The molecule has 0 radical (unpaired) electrons. The van der Waals surface area contributed by atoms with Crippen molar-refractivity contribution in [3.8, 4) is 0 Å². The van der Waals surface area contributed by atoms with Gasteiger partial charge in [0, 0.05) is 12.0 Å². The lowest BCUT2D eigenvalue weighted by atomic mass is 10.0. The van der Waals surface area contributed by atoms with E-state index in [-0.39, 0.29) is 11.3 Å². The molecule has 0 spiro atoms. The smallest absolute Gasteiger partial charge is 0.300 e. The first-order chi connectivity index (χ1) is 12.5. The summed E-state index contributed by atoms with van der Waals surface area (Å²) in [4.78, 5) is 11.5. The minimum Gasteiger partial charge on any atom is -0.300 e. The second kappa shape index (κ2) is 8.25. The molecule has 0 N–H and O–H groups in total. The van der Waals surface area contributed by atoms with Crippen LogP contribution in [-0.4, -0.2) is 13.9 Å². The molecule has 0 aliphatic carbocycles. The summed E-state index contributed by atoms with van der Waals surface area (Å²) in [5.74, 6) is 0.0779. The SMILES string of the molecule is CC(=O)C/C(C)=C\[C@H](c1ccc(C(F)(F)F)cc1)[Si](C)(C)c1ccccc1. The Hall–Kier alpha value is -2.14. The molecule has 2 rings (SSSR count). The molecular weight excluding hydrogens is 365 g/mol. The molecule has 0 saturated heterocycles. The zero-order valence-corrected chi connectivity index (χ0v) is 17.1. The fraction of sp³-hybridized carbons (Fsp3) is 0.318. The summed E-state index contributed by atoms with van der Waals surface area (Å²) in [6, 6.07) is 15.5. The number of benzene rings is 2. The minimum atomic E-state index is -4.35. The van der Waals surface area contributed by atoms with Crippen LogP contribution in [0.1, 0.15) is 36.9 Å². The van der Waals surface area contributed by atoms with Crippen LogP contribution in [0.5, 0.6) is 0 Å². The molecule has 1 nitrogen and oxygen atoms in total. The molecule has 0 heterocycles. The van der Waals surface area contributed by atoms with Crippen LogP contribution in [0.25, 0.3) is 0 Å². The van der Waals surface area contributed by atoms with Gasteiger partial charge < -0.3 is 0 Å². The van der Waals surface area contributed by atoms with Gasteiger partial charge in [-0.25, -0.2) is 0 Å². The number of Topliss-reactive ketones (excluding diaryl/α,β-unsaturated/α-hetero) is 1. The summed E-state index contributed by atoms with van der Waals surface area (Å²) in [5, 5.41) is 1.22. The highest BCUT2D eigenvalue weighted by Gasteiger charge is 2.35. The monoisotopic (exact) mass is 390 g/mol. The summed E-state index contributed by atoms with van der Waals surface area (Å²) in [6.45, 7) is 7.88. The molecule has 0 aliphatic heterocycles. The van der Waals surface area contributed by atoms with E-state index >= 15 is 0 Å². The first-order valence-corrected chi connectivity index (χ1v) is 12.0. The van der Waals surface area contributed by atoms with Crippen molar-refractivity contribution in [1.82, 2.24) is 0 Å². The van der Waals surface area contributed by atoms with E-state index in [0.29, 0.717) is 6.42 Å². The van der Waals surface area contributed by atoms with Gasteiger partial charge in [0.25, 0.3) is 0 Å². The molecule has 5 heteroatoms. The topological polar surface area (TPSA) is 17.1 Å². The number of allylic oxidation sites excluding steroid dienone is 2. The largest absolute Gasteiger partial charge is 0.416 e. The Morgan fingerprint density at radius 2 is 1.56 bits per heavy atom. The summed E-state index contributed by atoms with van der Waals surface area (Å²) >= 11 is 0. The van der Waals surface area contributed by atoms with Crippen LogP contribution in [0.3, 0.4) is 0 Å². The highest BCUT2D eigenvalue weighted by atomic mass is 28.3. The molecular formula is C22H25F3OSi. The van der Waals surface area contributed by atoms with Crippen molar-refractivity contribution in [1.29, 1.82) is 0 Å². The van der Waals surface area contributed by atoms with Gasteiger partial charge in [0.1, 0.15) is 5.78 Å². The first-order valence-electron chi connectivity index (χ1n) is 8.91. The van der Waals surface area contributed by atoms with E-state index in [1.807, 2.05) is 25.1 Å². The van der Waals surface area contributed by atoms with Crippen molar-refractivity contribution >= 4 is 19.0 Å². The Balaban J connectivity index is 2.51. The minimum absolute atomic E-state index is 0.0264. The Kier molecular flexibility index (Phi) is 6.47. The van der Waals surface area contributed by atoms with Gasteiger partial charge in [-0.15, -0.1) is 0 Å². The number of hydrogen-bond donors (Lipinski definition) is 0. The maximum absolute atomic E-state index is 12.9. The third-order valence-corrected chi connectivity index (χ3v) is 8.75. The number of rotatable bonds is 6. The molecule has 0 aromatic heterocycles. The Morgan fingerprint density at radius 1 is 1.00 bits per heavy atom. The van der Waals surface area contributed by atoms with Crippen LogP contribution in [0.4, 0.5) is 13.2 Å². The molecule has 1 atom stereocenters. The Bertz CT molecular complexity index is 806. The number of alkyl halides is 3. The Labute approximate surface area is 159 Å². The lowest BCUT2D eigenvalue weighted by Gasteiger charge is -2.32. The van der Waals surface area contributed by atoms with Gasteiger partial charge in [0.15, 0.2) is 0 Å². The second-order valence-corrected chi connectivity index (χ2v) is 12.2. The average molecular weight is 391 g/mol. The van der Waals surface area contributed by atoms with Crippen molar-refractivity contribution in [3.05, 3.63) is 77.4 Å². The molecule has 27 heavy (non-hydrogen) atoms. The van der Waals surface area contributed by atoms with Gasteiger partial charge in [0.2, 0.25) is 0 Å². The third-order valence-electron chi connectivity index (χ3n) is 4.87. The highest BCUT2D eigenvalue weighted by molar-refractivity contribution is 6.91. The summed E-state index contributed by atoms with van der Waals surface area (Å²) < 4.78 is 38.8. The standard InChI is InChI=1S/C22H25F3OSi/c1-16(14-17(2)26)15-21(27(3,4)20-8-6-5-7-9-20)18-10-12-19(13-11-18)22(23,24)25/h5-13,15,21H,14H2,1-4H3/b16-15-/t21-/m1/s1. The quantitative estimate of drug-likeness (QED) is 0.445. The molecule has 0 aliphatic rings. The van der Waals surface area contributed by atoms with Crippen molar-refractivity contribution in [2.45, 2.75) is 45.1 Å². The predicted molar refractivity (Wildman–Crippen MR) is 107 cm³/mol. The summed E-state index contributed by atoms with van der Waals surface area (Å²) in [6.07, 6.45) is -1.92. The van der Waals surface area contributed by atoms with E-state index in [0.717, 1.165) is 23.3 Å². The zero-order valence-electron chi connectivity index (χ0n) is 16.1. The normalized spacial score (nSPS) is 14.1.